The van der Waals surface area contributed by atoms with Crippen LogP contribution in [0.25, 0.3) is 0 Å². The lowest BCUT2D eigenvalue weighted by molar-refractivity contribution is -0.149. The van der Waals surface area contributed by atoms with Gasteiger partial charge in [0.15, 0.2) is 0 Å². The molecule has 0 amide bonds. The fourth-order valence-corrected chi connectivity index (χ4v) is 2.94. The predicted octanol–water partition coefficient (Wildman–Crippen LogP) is 1.87. The number of halogens is 1. The van der Waals surface area contributed by atoms with Crippen LogP contribution in [0.2, 0.25) is 0 Å². The maximum Gasteiger partial charge on any atom is 0.321 e. The SMILES string of the molecule is CN(Cc1ccc(Br)s1)C(CC(=O)O)C(=O)O. The number of hydrogen-bond donors (Lipinski definition) is 2. The van der Waals surface area contributed by atoms with Crippen molar-refractivity contribution in [3.05, 3.63) is 20.8 Å². The highest BCUT2D eigenvalue weighted by Crippen LogP contribution is 2.23. The summed E-state index contributed by atoms with van der Waals surface area (Å²) in [4.78, 5) is 24.0. The molecule has 94 valence electrons. The van der Waals surface area contributed by atoms with E-state index in [1.807, 2.05) is 12.1 Å². The Labute approximate surface area is 111 Å². The number of nitrogens with zero attached hydrogens (tertiary/aromatic N) is 1. The van der Waals surface area contributed by atoms with Crippen molar-refractivity contribution < 1.29 is 19.8 Å². The molecular weight excluding hydrogens is 310 g/mol. The molecule has 0 aliphatic carbocycles. The molecule has 5 nitrogen and oxygen atoms in total. The summed E-state index contributed by atoms with van der Waals surface area (Å²) in [6.45, 7) is 0.417. The zero-order valence-electron chi connectivity index (χ0n) is 9.09. The van der Waals surface area contributed by atoms with Crippen LogP contribution in [0.15, 0.2) is 15.9 Å². The standard InChI is InChI=1S/C10H12BrNO4S/c1-12(5-6-2-3-8(11)17-6)7(10(15)16)4-9(13)14/h2-3,7H,4-5H2,1H3,(H,13,14)(H,15,16). The molecule has 0 radical (unpaired) electrons. The Hall–Kier alpha value is -0.920. The first-order chi connectivity index (χ1) is 7.90. The van der Waals surface area contributed by atoms with Crippen molar-refractivity contribution in [2.75, 3.05) is 7.05 Å². The fraction of sp³-hybridized carbons (Fsp3) is 0.400. The quantitative estimate of drug-likeness (QED) is 0.836. The van der Waals surface area contributed by atoms with Gasteiger partial charge in [-0.25, -0.2) is 0 Å². The number of carboxylic acid groups (broad SMARTS) is 2. The zero-order valence-corrected chi connectivity index (χ0v) is 11.5. The average Bonchev–Trinajstić information content (AvgIpc) is 2.59. The van der Waals surface area contributed by atoms with Crippen molar-refractivity contribution in [2.45, 2.75) is 19.0 Å². The second kappa shape index (κ2) is 6.13. The van der Waals surface area contributed by atoms with Gasteiger partial charge in [-0.2, -0.15) is 0 Å². The Kier molecular flexibility index (Phi) is 5.10. The second-order valence-electron chi connectivity index (χ2n) is 3.57. The highest BCUT2D eigenvalue weighted by Gasteiger charge is 2.25. The second-order valence-corrected chi connectivity index (χ2v) is 6.12. The summed E-state index contributed by atoms with van der Waals surface area (Å²) in [5.41, 5.74) is 0. The highest BCUT2D eigenvalue weighted by molar-refractivity contribution is 9.11. The molecule has 0 aliphatic heterocycles. The van der Waals surface area contributed by atoms with E-state index in [9.17, 15) is 9.59 Å². The summed E-state index contributed by atoms with van der Waals surface area (Å²) in [7, 11) is 1.61. The van der Waals surface area contributed by atoms with Crippen LogP contribution in [-0.2, 0) is 16.1 Å². The first kappa shape index (κ1) is 14.1. The molecule has 1 heterocycles. The Morgan fingerprint density at radius 1 is 1.47 bits per heavy atom. The Balaban J connectivity index is 2.68. The van der Waals surface area contributed by atoms with E-state index >= 15 is 0 Å². The van der Waals surface area contributed by atoms with Crippen molar-refractivity contribution in [3.63, 3.8) is 0 Å². The van der Waals surface area contributed by atoms with Gasteiger partial charge in [0, 0.05) is 11.4 Å². The molecule has 0 spiro atoms. The van der Waals surface area contributed by atoms with Gasteiger partial charge in [0.2, 0.25) is 0 Å². The number of thiophene rings is 1. The zero-order chi connectivity index (χ0) is 13.0. The molecule has 1 atom stereocenters. The summed E-state index contributed by atoms with van der Waals surface area (Å²) < 4.78 is 0.964. The van der Waals surface area contributed by atoms with Gasteiger partial charge in [0.05, 0.1) is 10.2 Å². The van der Waals surface area contributed by atoms with E-state index in [-0.39, 0.29) is 0 Å². The molecule has 0 fully saturated rings. The minimum absolute atomic E-state index is 0.404. The Morgan fingerprint density at radius 2 is 2.12 bits per heavy atom. The van der Waals surface area contributed by atoms with Crippen molar-refractivity contribution in [2.24, 2.45) is 0 Å². The normalized spacial score (nSPS) is 12.6. The third-order valence-electron chi connectivity index (χ3n) is 2.22. The van der Waals surface area contributed by atoms with Crippen LogP contribution in [0.3, 0.4) is 0 Å². The highest BCUT2D eigenvalue weighted by atomic mass is 79.9. The summed E-state index contributed by atoms with van der Waals surface area (Å²) in [5, 5.41) is 17.6. The van der Waals surface area contributed by atoms with Crippen LogP contribution >= 0.6 is 27.3 Å². The molecule has 17 heavy (non-hydrogen) atoms. The van der Waals surface area contributed by atoms with Crippen molar-refractivity contribution >= 4 is 39.2 Å². The van der Waals surface area contributed by atoms with Crippen LogP contribution in [-0.4, -0.2) is 40.1 Å². The maximum absolute atomic E-state index is 11.0. The van der Waals surface area contributed by atoms with Crippen LogP contribution in [0.1, 0.15) is 11.3 Å². The molecule has 1 rings (SSSR count). The van der Waals surface area contributed by atoms with Gasteiger partial charge in [0.25, 0.3) is 0 Å². The van der Waals surface area contributed by atoms with Crippen molar-refractivity contribution in [1.82, 2.24) is 4.90 Å². The molecule has 1 aromatic heterocycles. The van der Waals surface area contributed by atoms with E-state index in [2.05, 4.69) is 15.9 Å². The summed E-state index contributed by atoms with van der Waals surface area (Å²) in [6, 6.07) is 2.75. The third-order valence-corrected chi connectivity index (χ3v) is 3.83. The third kappa shape index (κ3) is 4.45. The molecule has 1 aromatic rings. The number of carbonyl (C=O) groups is 2. The Morgan fingerprint density at radius 3 is 2.53 bits per heavy atom. The van der Waals surface area contributed by atoms with Crippen LogP contribution in [0.4, 0.5) is 0 Å². The van der Waals surface area contributed by atoms with Crippen LogP contribution in [0, 0.1) is 0 Å². The lowest BCUT2D eigenvalue weighted by Gasteiger charge is -2.22. The van der Waals surface area contributed by atoms with E-state index in [1.165, 1.54) is 16.2 Å². The molecule has 2 N–H and O–H groups in total. The maximum atomic E-state index is 11.0. The smallest absolute Gasteiger partial charge is 0.321 e. The molecule has 1 unspecified atom stereocenters. The molecule has 7 heteroatoms. The van der Waals surface area contributed by atoms with Crippen LogP contribution in [0.5, 0.6) is 0 Å². The average molecular weight is 322 g/mol. The number of hydrogen-bond acceptors (Lipinski definition) is 4. The van der Waals surface area contributed by atoms with Crippen molar-refractivity contribution in [1.29, 1.82) is 0 Å². The van der Waals surface area contributed by atoms with Gasteiger partial charge >= 0.3 is 11.9 Å². The van der Waals surface area contributed by atoms with Gasteiger partial charge in [-0.05, 0) is 35.1 Å². The first-order valence-electron chi connectivity index (χ1n) is 4.79. The Bertz CT molecular complexity index is 420. The summed E-state index contributed by atoms with van der Waals surface area (Å²) >= 11 is 4.82. The van der Waals surface area contributed by atoms with E-state index in [0.717, 1.165) is 8.66 Å². The lowest BCUT2D eigenvalue weighted by atomic mass is 10.2. The molecule has 0 aromatic carbocycles. The number of rotatable bonds is 6. The minimum Gasteiger partial charge on any atom is -0.481 e. The van der Waals surface area contributed by atoms with E-state index < -0.39 is 24.4 Å². The first-order valence-corrected chi connectivity index (χ1v) is 6.40. The van der Waals surface area contributed by atoms with E-state index in [0.29, 0.717) is 6.54 Å². The van der Waals surface area contributed by atoms with Gasteiger partial charge in [-0.1, -0.05) is 0 Å². The minimum atomic E-state index is -1.12. The van der Waals surface area contributed by atoms with Gasteiger partial charge in [0.1, 0.15) is 6.04 Å². The van der Waals surface area contributed by atoms with Crippen molar-refractivity contribution in [3.8, 4) is 0 Å². The van der Waals surface area contributed by atoms with Gasteiger partial charge in [-0.15, -0.1) is 11.3 Å². The number of likely N-dealkylation sites (N-methyl/N-ethyl adjacent to an activating group) is 1. The summed E-state index contributed by atoms with van der Waals surface area (Å²) in [6.07, 6.45) is -0.404. The lowest BCUT2D eigenvalue weighted by Crippen LogP contribution is -2.39. The monoisotopic (exact) mass is 321 g/mol. The predicted molar refractivity (Wildman–Crippen MR) is 67.2 cm³/mol. The van der Waals surface area contributed by atoms with Gasteiger partial charge < -0.3 is 10.2 Å². The molecule has 0 aliphatic rings. The molecule has 0 saturated heterocycles. The fourth-order valence-electron chi connectivity index (χ4n) is 1.39. The number of carboxylic acids is 2. The van der Waals surface area contributed by atoms with Crippen LogP contribution < -0.4 is 0 Å². The van der Waals surface area contributed by atoms with E-state index in [1.54, 1.807) is 7.05 Å². The largest absolute Gasteiger partial charge is 0.481 e. The molecular formula is C10H12BrNO4S. The molecule has 0 bridgehead atoms. The summed E-state index contributed by atoms with van der Waals surface area (Å²) in [5.74, 6) is -2.23. The topological polar surface area (TPSA) is 77.8 Å². The number of aliphatic carboxylic acids is 2. The van der Waals surface area contributed by atoms with E-state index in [4.69, 9.17) is 10.2 Å². The van der Waals surface area contributed by atoms with Gasteiger partial charge in [-0.3, -0.25) is 14.5 Å². The molecule has 0 saturated carbocycles.